The van der Waals surface area contributed by atoms with Crippen molar-refractivity contribution in [1.29, 1.82) is 5.26 Å². The maximum atomic E-state index is 9.03. The van der Waals surface area contributed by atoms with Crippen LogP contribution in [0.5, 0.6) is 5.75 Å². The number of nitriles is 1. The second kappa shape index (κ2) is 6.09. The topological polar surface area (TPSA) is 64.9 Å². The van der Waals surface area contributed by atoms with E-state index in [1.54, 1.807) is 4.90 Å². The van der Waals surface area contributed by atoms with Crippen molar-refractivity contribution in [3.05, 3.63) is 71.4 Å². The van der Waals surface area contributed by atoms with Gasteiger partial charge in [0.15, 0.2) is 6.19 Å². The summed E-state index contributed by atoms with van der Waals surface area (Å²) < 4.78 is 5.81. The first-order chi connectivity index (χ1) is 11.8. The Morgan fingerprint density at radius 2 is 1.88 bits per heavy atom. The fourth-order valence-corrected chi connectivity index (χ4v) is 2.90. The van der Waals surface area contributed by atoms with E-state index in [0.29, 0.717) is 19.7 Å². The van der Waals surface area contributed by atoms with E-state index >= 15 is 0 Å². The monoisotopic (exact) mass is 316 g/mol. The number of nitrogens with zero attached hydrogens (tertiary/aromatic N) is 3. The number of rotatable bonds is 4. The Bertz CT molecular complexity index is 878. The molecule has 5 heteroatoms. The number of ether oxygens (including phenoxy) is 1. The molecule has 0 saturated heterocycles. The highest BCUT2D eigenvalue weighted by molar-refractivity contribution is 5.65. The fraction of sp³-hybridized carbons (Fsp3) is 0.158. The number of aromatic amines is 1. The summed E-state index contributed by atoms with van der Waals surface area (Å²) in [6, 6.07) is 18.0. The Hall–Kier alpha value is -3.26. The third-order valence-corrected chi connectivity index (χ3v) is 4.17. The summed E-state index contributed by atoms with van der Waals surface area (Å²) in [6.45, 7) is 1.77. The highest BCUT2D eigenvalue weighted by Gasteiger charge is 2.24. The molecule has 0 amide bonds. The summed E-state index contributed by atoms with van der Waals surface area (Å²) in [5, 5.41) is 16.5. The predicted molar refractivity (Wildman–Crippen MR) is 89.7 cm³/mol. The van der Waals surface area contributed by atoms with E-state index in [2.05, 4.69) is 16.4 Å². The van der Waals surface area contributed by atoms with Gasteiger partial charge in [0.2, 0.25) is 0 Å². The lowest BCUT2D eigenvalue weighted by atomic mass is 10.1. The molecule has 3 aromatic rings. The van der Waals surface area contributed by atoms with Crippen LogP contribution < -0.4 is 4.74 Å². The minimum Gasteiger partial charge on any atom is -0.489 e. The highest BCUT2D eigenvalue weighted by atomic mass is 16.5. The van der Waals surface area contributed by atoms with Gasteiger partial charge in [-0.25, -0.2) is 0 Å². The zero-order chi connectivity index (χ0) is 16.4. The van der Waals surface area contributed by atoms with Gasteiger partial charge in [-0.2, -0.15) is 10.4 Å². The molecule has 0 spiro atoms. The number of hydrogen-bond acceptors (Lipinski definition) is 4. The molecular formula is C19H16N4O. The van der Waals surface area contributed by atoms with Gasteiger partial charge in [0.1, 0.15) is 12.4 Å². The number of benzene rings is 2. The number of fused-ring (bicyclic) bond motifs is 1. The van der Waals surface area contributed by atoms with Gasteiger partial charge >= 0.3 is 0 Å². The normalized spacial score (nSPS) is 12.7. The molecule has 0 saturated carbocycles. The van der Waals surface area contributed by atoms with Crippen molar-refractivity contribution in [3.63, 3.8) is 0 Å². The molecule has 1 aromatic heterocycles. The Labute approximate surface area is 140 Å². The molecule has 2 aromatic carbocycles. The molecule has 1 N–H and O–H groups in total. The van der Waals surface area contributed by atoms with Crippen molar-refractivity contribution >= 4 is 0 Å². The first-order valence-electron chi connectivity index (χ1n) is 7.81. The van der Waals surface area contributed by atoms with Gasteiger partial charge < -0.3 is 9.64 Å². The van der Waals surface area contributed by atoms with Crippen LogP contribution in [0.15, 0.2) is 54.6 Å². The van der Waals surface area contributed by atoms with Crippen molar-refractivity contribution in [2.45, 2.75) is 19.7 Å². The second-order valence-corrected chi connectivity index (χ2v) is 5.78. The minimum atomic E-state index is 0.551. The van der Waals surface area contributed by atoms with Crippen LogP contribution in [0, 0.1) is 11.5 Å². The van der Waals surface area contributed by atoms with Gasteiger partial charge in [0, 0.05) is 11.1 Å². The van der Waals surface area contributed by atoms with E-state index in [-0.39, 0.29) is 0 Å². The van der Waals surface area contributed by atoms with Crippen LogP contribution >= 0.6 is 0 Å². The van der Waals surface area contributed by atoms with E-state index < -0.39 is 0 Å². The van der Waals surface area contributed by atoms with Crippen LogP contribution in [0.2, 0.25) is 0 Å². The van der Waals surface area contributed by atoms with Crippen molar-refractivity contribution in [3.8, 4) is 23.2 Å². The standard InChI is InChI=1S/C19H16N4O/c20-13-23-10-17-18(11-23)21-22-19(17)15-6-8-16(9-7-15)24-12-14-4-2-1-3-5-14/h1-9H,10-12H2,(H,21,22). The summed E-state index contributed by atoms with van der Waals surface area (Å²) in [5.41, 5.74) is 5.21. The average molecular weight is 316 g/mol. The zero-order valence-corrected chi connectivity index (χ0v) is 13.1. The maximum absolute atomic E-state index is 9.03. The van der Waals surface area contributed by atoms with Gasteiger partial charge in [0.05, 0.1) is 24.5 Å². The lowest BCUT2D eigenvalue weighted by Gasteiger charge is -2.08. The number of nitrogens with one attached hydrogen (secondary N) is 1. The highest BCUT2D eigenvalue weighted by Crippen LogP contribution is 2.31. The molecule has 0 atom stereocenters. The molecule has 1 aliphatic heterocycles. The number of hydrogen-bond donors (Lipinski definition) is 1. The molecule has 0 fully saturated rings. The summed E-state index contributed by atoms with van der Waals surface area (Å²) in [6.07, 6.45) is 2.18. The van der Waals surface area contributed by atoms with Crippen molar-refractivity contribution in [2.75, 3.05) is 0 Å². The Morgan fingerprint density at radius 1 is 1.08 bits per heavy atom. The third-order valence-electron chi connectivity index (χ3n) is 4.17. The molecule has 5 nitrogen and oxygen atoms in total. The molecule has 0 aliphatic carbocycles. The predicted octanol–water partition coefficient (Wildman–Crippen LogP) is 3.45. The molecule has 118 valence electrons. The van der Waals surface area contributed by atoms with Gasteiger partial charge in [0.25, 0.3) is 0 Å². The quantitative estimate of drug-likeness (QED) is 0.749. The first kappa shape index (κ1) is 14.3. The summed E-state index contributed by atoms with van der Waals surface area (Å²) in [4.78, 5) is 1.71. The molecular weight excluding hydrogens is 300 g/mol. The van der Waals surface area contributed by atoms with Crippen LogP contribution in [-0.4, -0.2) is 15.1 Å². The zero-order valence-electron chi connectivity index (χ0n) is 13.1. The number of aromatic nitrogens is 2. The van der Waals surface area contributed by atoms with Gasteiger partial charge in [-0.15, -0.1) is 0 Å². The second-order valence-electron chi connectivity index (χ2n) is 5.78. The van der Waals surface area contributed by atoms with Crippen LogP contribution in [0.4, 0.5) is 0 Å². The average Bonchev–Trinajstić information content (AvgIpc) is 3.21. The molecule has 0 bridgehead atoms. The minimum absolute atomic E-state index is 0.551. The smallest absolute Gasteiger partial charge is 0.180 e. The summed E-state index contributed by atoms with van der Waals surface area (Å²) in [5.74, 6) is 0.827. The SMILES string of the molecule is N#CN1Cc2[nH]nc(-c3ccc(OCc4ccccc4)cc3)c2C1. The molecule has 2 heterocycles. The first-order valence-corrected chi connectivity index (χ1v) is 7.81. The van der Waals surface area contributed by atoms with Crippen LogP contribution in [0.3, 0.4) is 0 Å². The maximum Gasteiger partial charge on any atom is 0.180 e. The van der Waals surface area contributed by atoms with Gasteiger partial charge in [-0.1, -0.05) is 30.3 Å². The number of H-pyrrole nitrogens is 1. The lowest BCUT2D eigenvalue weighted by Crippen LogP contribution is -2.08. The van der Waals surface area contributed by atoms with Gasteiger partial charge in [-0.3, -0.25) is 5.10 Å². The molecule has 24 heavy (non-hydrogen) atoms. The van der Waals surface area contributed by atoms with E-state index in [1.165, 1.54) is 0 Å². The Kier molecular flexibility index (Phi) is 3.64. The summed E-state index contributed by atoms with van der Waals surface area (Å²) >= 11 is 0. The van der Waals surface area contributed by atoms with E-state index in [0.717, 1.165) is 33.8 Å². The largest absolute Gasteiger partial charge is 0.489 e. The van der Waals surface area contributed by atoms with E-state index in [1.807, 2.05) is 54.6 Å². The van der Waals surface area contributed by atoms with Crippen LogP contribution in [0.1, 0.15) is 16.8 Å². The Morgan fingerprint density at radius 3 is 2.62 bits per heavy atom. The van der Waals surface area contributed by atoms with Crippen molar-refractivity contribution in [2.24, 2.45) is 0 Å². The fourth-order valence-electron chi connectivity index (χ4n) is 2.90. The molecule has 4 rings (SSSR count). The molecule has 0 unspecified atom stereocenters. The van der Waals surface area contributed by atoms with Gasteiger partial charge in [-0.05, 0) is 29.8 Å². The Balaban J connectivity index is 1.48. The van der Waals surface area contributed by atoms with Crippen molar-refractivity contribution in [1.82, 2.24) is 15.1 Å². The molecule has 0 radical (unpaired) electrons. The van der Waals surface area contributed by atoms with Crippen LogP contribution in [-0.2, 0) is 19.7 Å². The van der Waals surface area contributed by atoms with E-state index in [4.69, 9.17) is 10.00 Å². The van der Waals surface area contributed by atoms with Crippen LogP contribution in [0.25, 0.3) is 11.3 Å². The molecule has 1 aliphatic rings. The van der Waals surface area contributed by atoms with Crippen molar-refractivity contribution < 1.29 is 4.74 Å². The lowest BCUT2D eigenvalue weighted by molar-refractivity contribution is 0.306. The third kappa shape index (κ3) is 2.70. The van der Waals surface area contributed by atoms with E-state index in [9.17, 15) is 0 Å². The summed E-state index contributed by atoms with van der Waals surface area (Å²) in [7, 11) is 0.